The van der Waals surface area contributed by atoms with Gasteiger partial charge in [0.15, 0.2) is 0 Å². The Morgan fingerprint density at radius 1 is 1.24 bits per heavy atom. The monoisotopic (exact) mass is 350 g/mol. The number of H-pyrrole nitrogens is 1. The van der Waals surface area contributed by atoms with Gasteiger partial charge in [-0.3, -0.25) is 9.78 Å². The number of hydrogen-bond donors (Lipinski definition) is 2. The van der Waals surface area contributed by atoms with Gasteiger partial charge >= 0.3 is 5.97 Å². The van der Waals surface area contributed by atoms with Crippen LogP contribution in [0.15, 0.2) is 29.6 Å². The van der Waals surface area contributed by atoms with Gasteiger partial charge in [-0.25, -0.2) is 10.2 Å². The minimum absolute atomic E-state index is 0. The minimum atomic E-state index is -0.409. The third-order valence-electron chi connectivity index (χ3n) is 3.38. The Balaban J connectivity index is 0.00000288. The molecule has 6 N–H and O–H groups in total. The molecule has 136 valence electrons. The van der Waals surface area contributed by atoms with Crippen LogP contribution in [-0.4, -0.2) is 45.6 Å². The first-order valence-corrected chi connectivity index (χ1v) is 7.14. The summed E-state index contributed by atoms with van der Waals surface area (Å²) >= 11 is 0. The van der Waals surface area contributed by atoms with Crippen LogP contribution < -0.4 is 5.43 Å². The number of amides is 1. The lowest BCUT2D eigenvalue weighted by atomic mass is 10.1. The van der Waals surface area contributed by atoms with Crippen LogP contribution in [0.4, 0.5) is 0 Å². The number of rotatable bonds is 5. The number of carbonyl (C=O) groups excluding carboxylic acids is 2. The number of hydrazone groups is 1. The molecule has 2 aromatic rings. The van der Waals surface area contributed by atoms with Crippen LogP contribution in [0.5, 0.6) is 0 Å². The molecular weight excluding hydrogens is 328 g/mol. The Labute approximate surface area is 144 Å². The molecule has 0 saturated carbocycles. The summed E-state index contributed by atoms with van der Waals surface area (Å²) in [6.45, 7) is 5.74. The van der Waals surface area contributed by atoms with Gasteiger partial charge in [0.05, 0.1) is 18.5 Å². The number of aromatic amines is 1. The highest BCUT2D eigenvalue weighted by molar-refractivity contribution is 5.95. The SMILES string of the molecule is CCOC(=O)c1[nH]c(/C=N/NC(=O)c2ccncc2)c(C)c1C.O.O. The lowest BCUT2D eigenvalue weighted by Gasteiger charge is -1.99. The largest absolute Gasteiger partial charge is 0.461 e. The van der Waals surface area contributed by atoms with E-state index in [1.807, 2.05) is 13.8 Å². The average molecular weight is 350 g/mol. The van der Waals surface area contributed by atoms with E-state index in [0.717, 1.165) is 11.1 Å². The Kier molecular flexibility index (Phi) is 8.75. The van der Waals surface area contributed by atoms with E-state index in [1.54, 1.807) is 19.1 Å². The predicted octanol–water partition coefficient (Wildman–Crippen LogP) is 0.318. The zero-order valence-electron chi connectivity index (χ0n) is 14.2. The molecule has 25 heavy (non-hydrogen) atoms. The van der Waals surface area contributed by atoms with Crippen molar-refractivity contribution >= 4 is 18.1 Å². The van der Waals surface area contributed by atoms with Crippen LogP contribution in [0.1, 0.15) is 44.6 Å². The van der Waals surface area contributed by atoms with Gasteiger partial charge in [-0.2, -0.15) is 5.10 Å². The van der Waals surface area contributed by atoms with Crippen molar-refractivity contribution in [1.82, 2.24) is 15.4 Å². The summed E-state index contributed by atoms with van der Waals surface area (Å²) in [5, 5.41) is 3.91. The predicted molar refractivity (Wildman–Crippen MR) is 92.7 cm³/mol. The van der Waals surface area contributed by atoms with Crippen molar-refractivity contribution in [3.63, 3.8) is 0 Å². The van der Waals surface area contributed by atoms with Crippen LogP contribution >= 0.6 is 0 Å². The van der Waals surface area contributed by atoms with Crippen LogP contribution in [0.3, 0.4) is 0 Å². The second-order valence-corrected chi connectivity index (χ2v) is 4.82. The van der Waals surface area contributed by atoms with Gasteiger partial charge in [0.2, 0.25) is 0 Å². The van der Waals surface area contributed by atoms with E-state index in [-0.39, 0.29) is 16.9 Å². The molecule has 2 rings (SSSR count). The Hall–Kier alpha value is -3.04. The maximum Gasteiger partial charge on any atom is 0.355 e. The molecule has 0 spiro atoms. The maximum absolute atomic E-state index is 11.8. The highest BCUT2D eigenvalue weighted by atomic mass is 16.5. The topological polar surface area (TPSA) is 159 Å². The van der Waals surface area contributed by atoms with Crippen molar-refractivity contribution in [3.05, 3.63) is 52.6 Å². The molecule has 2 heterocycles. The molecule has 0 aliphatic carbocycles. The Morgan fingerprint density at radius 2 is 1.88 bits per heavy atom. The molecule has 0 saturated heterocycles. The smallest absolute Gasteiger partial charge is 0.355 e. The molecular formula is C16H22N4O5. The fraction of sp³-hybridized carbons (Fsp3) is 0.250. The van der Waals surface area contributed by atoms with Gasteiger partial charge in [0.25, 0.3) is 5.91 Å². The molecule has 0 unspecified atom stereocenters. The number of ether oxygens (including phenoxy) is 1. The van der Waals surface area contributed by atoms with Gasteiger partial charge in [0, 0.05) is 18.0 Å². The Bertz CT molecular complexity index is 740. The third kappa shape index (κ3) is 5.23. The van der Waals surface area contributed by atoms with Gasteiger partial charge in [-0.1, -0.05) is 0 Å². The van der Waals surface area contributed by atoms with Crippen molar-refractivity contribution in [3.8, 4) is 0 Å². The molecule has 0 aliphatic rings. The second-order valence-electron chi connectivity index (χ2n) is 4.82. The van der Waals surface area contributed by atoms with Crippen molar-refractivity contribution in [1.29, 1.82) is 0 Å². The lowest BCUT2D eigenvalue weighted by molar-refractivity contribution is 0.0519. The van der Waals surface area contributed by atoms with E-state index in [9.17, 15) is 9.59 Å². The van der Waals surface area contributed by atoms with E-state index in [4.69, 9.17) is 4.74 Å². The number of pyridine rings is 1. The van der Waals surface area contributed by atoms with Crippen LogP contribution in [0, 0.1) is 13.8 Å². The summed E-state index contributed by atoms with van der Waals surface area (Å²) in [5.41, 5.74) is 5.59. The standard InChI is InChI=1S/C16H18N4O3.2H2O/c1-4-23-16(22)14-11(3)10(2)13(19-14)9-18-20-15(21)12-5-7-17-8-6-12;;/h5-9,19H,4H2,1-3H3,(H,20,21);2*1H2/b18-9+;;. The summed E-state index contributed by atoms with van der Waals surface area (Å²) in [4.78, 5) is 30.5. The number of nitrogens with zero attached hydrogens (tertiary/aromatic N) is 2. The first kappa shape index (κ1) is 22.0. The molecule has 1 amide bonds. The van der Waals surface area contributed by atoms with Gasteiger partial charge in [0.1, 0.15) is 5.69 Å². The van der Waals surface area contributed by atoms with E-state index in [0.29, 0.717) is 23.6 Å². The minimum Gasteiger partial charge on any atom is -0.461 e. The number of carbonyl (C=O) groups is 2. The van der Waals surface area contributed by atoms with Crippen molar-refractivity contribution in [2.24, 2.45) is 5.10 Å². The molecule has 0 fully saturated rings. The normalized spacial score (nSPS) is 9.88. The van der Waals surface area contributed by atoms with Gasteiger partial charge < -0.3 is 20.7 Å². The van der Waals surface area contributed by atoms with Gasteiger partial charge in [-0.05, 0) is 44.0 Å². The molecule has 0 aromatic carbocycles. The molecule has 0 bridgehead atoms. The number of aromatic nitrogens is 2. The summed E-state index contributed by atoms with van der Waals surface area (Å²) in [6, 6.07) is 3.18. The fourth-order valence-electron chi connectivity index (χ4n) is 1.97. The quantitative estimate of drug-likeness (QED) is 0.451. The maximum atomic E-state index is 11.8. The first-order chi connectivity index (χ1) is 11.0. The van der Waals surface area contributed by atoms with E-state index in [2.05, 4.69) is 20.5 Å². The highest BCUT2D eigenvalue weighted by Gasteiger charge is 2.16. The molecule has 0 atom stereocenters. The van der Waals surface area contributed by atoms with Crippen molar-refractivity contribution in [2.75, 3.05) is 6.61 Å². The van der Waals surface area contributed by atoms with Crippen LogP contribution in [0.25, 0.3) is 0 Å². The molecule has 0 aliphatic heterocycles. The zero-order chi connectivity index (χ0) is 16.8. The number of esters is 1. The fourth-order valence-corrected chi connectivity index (χ4v) is 1.97. The molecule has 0 radical (unpaired) electrons. The van der Waals surface area contributed by atoms with Crippen LogP contribution in [-0.2, 0) is 4.74 Å². The van der Waals surface area contributed by atoms with Gasteiger partial charge in [-0.15, -0.1) is 0 Å². The number of nitrogens with one attached hydrogen (secondary N) is 2. The molecule has 9 nitrogen and oxygen atoms in total. The lowest BCUT2D eigenvalue weighted by Crippen LogP contribution is -2.17. The first-order valence-electron chi connectivity index (χ1n) is 7.14. The average Bonchev–Trinajstić information content (AvgIpc) is 2.84. The van der Waals surface area contributed by atoms with E-state index < -0.39 is 5.97 Å². The van der Waals surface area contributed by atoms with Crippen molar-refractivity contribution in [2.45, 2.75) is 20.8 Å². The summed E-state index contributed by atoms with van der Waals surface area (Å²) in [6.07, 6.45) is 4.52. The number of hydrogen-bond acceptors (Lipinski definition) is 5. The molecule has 9 heteroatoms. The Morgan fingerprint density at radius 3 is 2.48 bits per heavy atom. The summed E-state index contributed by atoms with van der Waals surface area (Å²) in [7, 11) is 0. The third-order valence-corrected chi connectivity index (χ3v) is 3.38. The highest BCUT2D eigenvalue weighted by Crippen LogP contribution is 2.16. The summed E-state index contributed by atoms with van der Waals surface area (Å²) < 4.78 is 4.99. The zero-order valence-corrected chi connectivity index (χ0v) is 14.2. The van der Waals surface area contributed by atoms with Crippen LogP contribution in [0.2, 0.25) is 0 Å². The molecule has 2 aromatic heterocycles. The van der Waals surface area contributed by atoms with E-state index >= 15 is 0 Å². The summed E-state index contributed by atoms with van der Waals surface area (Å²) in [5.74, 6) is -0.747. The van der Waals surface area contributed by atoms with Crippen molar-refractivity contribution < 1.29 is 25.3 Å². The van der Waals surface area contributed by atoms with E-state index in [1.165, 1.54) is 18.6 Å². The second kappa shape index (κ2) is 9.96.